The van der Waals surface area contributed by atoms with Gasteiger partial charge in [-0.05, 0) is 43.7 Å². The van der Waals surface area contributed by atoms with Crippen molar-refractivity contribution in [3.8, 4) is 5.75 Å². The van der Waals surface area contributed by atoms with E-state index in [-0.39, 0.29) is 15.6 Å². The number of anilines is 1. The number of hydrogen-bond donors (Lipinski definition) is 3. The molecule has 0 aliphatic rings. The minimum atomic E-state index is -4.03. The molecule has 0 fully saturated rings. The summed E-state index contributed by atoms with van der Waals surface area (Å²) in [6.45, 7) is 3.11. The second kappa shape index (κ2) is 6.33. The van der Waals surface area contributed by atoms with Gasteiger partial charge in [-0.3, -0.25) is 9.52 Å². The van der Waals surface area contributed by atoms with Crippen LogP contribution in [0.25, 0.3) is 0 Å². The summed E-state index contributed by atoms with van der Waals surface area (Å²) in [5.41, 5.74) is -0.328. The third kappa shape index (κ3) is 3.47. The zero-order valence-electron chi connectivity index (χ0n) is 12.9. The van der Waals surface area contributed by atoms with Gasteiger partial charge in [0.2, 0.25) is 0 Å². The van der Waals surface area contributed by atoms with E-state index in [4.69, 9.17) is 11.6 Å². The minimum absolute atomic E-state index is 0.0727. The van der Waals surface area contributed by atoms with Gasteiger partial charge in [0.15, 0.2) is 5.75 Å². The Bertz CT molecular complexity index is 876. The monoisotopic (exact) mass is 369 g/mol. The molecule has 2 rings (SSSR count). The molecule has 3 N–H and O–H groups in total. The van der Waals surface area contributed by atoms with Crippen LogP contribution in [-0.4, -0.2) is 24.6 Å². The van der Waals surface area contributed by atoms with Gasteiger partial charge in [0.1, 0.15) is 4.90 Å². The van der Waals surface area contributed by atoms with Gasteiger partial charge in [-0.25, -0.2) is 8.42 Å². The number of benzene rings is 2. The maximum absolute atomic E-state index is 12.3. The van der Waals surface area contributed by atoms with Crippen LogP contribution >= 0.6 is 11.6 Å². The van der Waals surface area contributed by atoms with Crippen molar-refractivity contribution in [1.29, 1.82) is 0 Å². The Morgan fingerprint density at radius 1 is 1.12 bits per heavy atom. The van der Waals surface area contributed by atoms with Gasteiger partial charge in [0, 0.05) is 5.69 Å². The highest BCUT2D eigenvalue weighted by Crippen LogP contribution is 2.32. The van der Waals surface area contributed by atoms with Gasteiger partial charge in [-0.1, -0.05) is 29.8 Å². The molecule has 6 nitrogen and oxygen atoms in total. The maximum Gasteiger partial charge on any atom is 0.313 e. The van der Waals surface area contributed by atoms with E-state index in [0.29, 0.717) is 5.56 Å². The molecule has 0 radical (unpaired) electrons. The maximum atomic E-state index is 12.3. The predicted octanol–water partition coefficient (Wildman–Crippen LogP) is 3.21. The summed E-state index contributed by atoms with van der Waals surface area (Å²) in [4.78, 5) is 10.9. The normalized spacial score (nSPS) is 12.0. The molecule has 128 valence electrons. The Morgan fingerprint density at radius 3 is 2.25 bits per heavy atom. The van der Waals surface area contributed by atoms with Crippen LogP contribution in [0.5, 0.6) is 5.75 Å². The number of aliphatic carboxylic acids is 1. The van der Waals surface area contributed by atoms with Crippen LogP contribution in [0.4, 0.5) is 5.69 Å². The molecule has 0 saturated heterocycles. The van der Waals surface area contributed by atoms with Crippen molar-refractivity contribution >= 4 is 33.3 Å². The van der Waals surface area contributed by atoms with Crippen molar-refractivity contribution in [2.24, 2.45) is 0 Å². The lowest BCUT2D eigenvalue weighted by Gasteiger charge is -2.20. The standard InChI is InChI=1S/C16H16ClNO5S/c1-16(2,15(20)21)10-6-8-11(9-7-10)18-24(22,23)13-5-3-4-12(17)14(13)19/h3-9,18-19H,1-2H3,(H,20,21). The Morgan fingerprint density at radius 2 is 1.71 bits per heavy atom. The molecule has 0 unspecified atom stereocenters. The number of halogens is 1. The second-order valence-electron chi connectivity index (χ2n) is 5.70. The summed E-state index contributed by atoms with van der Waals surface area (Å²) in [5.74, 6) is -1.52. The van der Waals surface area contributed by atoms with Crippen LogP contribution in [0.1, 0.15) is 19.4 Å². The molecule has 0 heterocycles. The van der Waals surface area contributed by atoms with Crippen molar-refractivity contribution in [2.45, 2.75) is 24.2 Å². The molecule has 0 bridgehead atoms. The third-order valence-corrected chi connectivity index (χ3v) is 5.35. The van der Waals surface area contributed by atoms with Crippen LogP contribution in [0.15, 0.2) is 47.4 Å². The van der Waals surface area contributed by atoms with Crippen LogP contribution < -0.4 is 4.72 Å². The first kappa shape index (κ1) is 18.1. The quantitative estimate of drug-likeness (QED) is 0.750. The molecule has 0 amide bonds. The number of phenols is 1. The molecule has 0 spiro atoms. The number of carbonyl (C=O) groups is 1. The van der Waals surface area contributed by atoms with Crippen molar-refractivity contribution in [1.82, 2.24) is 0 Å². The molecule has 0 aliphatic heterocycles. The summed E-state index contributed by atoms with van der Waals surface area (Å²) in [6, 6.07) is 9.99. The smallest absolute Gasteiger partial charge is 0.313 e. The van der Waals surface area contributed by atoms with Crippen molar-refractivity contribution in [3.05, 3.63) is 53.1 Å². The SMILES string of the molecule is CC(C)(C(=O)O)c1ccc(NS(=O)(=O)c2cccc(Cl)c2O)cc1. The van der Waals surface area contributed by atoms with Gasteiger partial charge in [-0.15, -0.1) is 0 Å². The molecule has 0 saturated carbocycles. The summed E-state index contributed by atoms with van der Waals surface area (Å²) in [5, 5.41) is 18.9. The van der Waals surface area contributed by atoms with Crippen molar-refractivity contribution in [3.63, 3.8) is 0 Å². The van der Waals surface area contributed by atoms with E-state index in [1.807, 2.05) is 0 Å². The second-order valence-corrected chi connectivity index (χ2v) is 7.76. The van der Waals surface area contributed by atoms with Crippen molar-refractivity contribution < 1.29 is 23.4 Å². The number of nitrogens with one attached hydrogen (secondary N) is 1. The first-order valence-corrected chi connectivity index (χ1v) is 8.76. The highest BCUT2D eigenvalue weighted by molar-refractivity contribution is 7.92. The van der Waals surface area contributed by atoms with E-state index < -0.39 is 27.2 Å². The van der Waals surface area contributed by atoms with Gasteiger partial charge >= 0.3 is 5.97 Å². The van der Waals surface area contributed by atoms with E-state index in [2.05, 4.69) is 4.72 Å². The predicted molar refractivity (Wildman–Crippen MR) is 91.0 cm³/mol. The third-order valence-electron chi connectivity index (χ3n) is 3.63. The van der Waals surface area contributed by atoms with Crippen LogP contribution in [0.3, 0.4) is 0 Å². The van der Waals surface area contributed by atoms with E-state index >= 15 is 0 Å². The fraction of sp³-hybridized carbons (Fsp3) is 0.188. The number of hydrogen-bond acceptors (Lipinski definition) is 4. The highest BCUT2D eigenvalue weighted by Gasteiger charge is 2.29. The van der Waals surface area contributed by atoms with Gasteiger partial charge < -0.3 is 10.2 Å². The molecular weight excluding hydrogens is 354 g/mol. The molecule has 0 atom stereocenters. The number of aromatic hydroxyl groups is 1. The van der Waals surface area contributed by atoms with E-state index in [1.165, 1.54) is 42.5 Å². The zero-order chi connectivity index (χ0) is 18.1. The molecule has 24 heavy (non-hydrogen) atoms. The Kier molecular flexibility index (Phi) is 4.77. The van der Waals surface area contributed by atoms with Crippen LogP contribution in [-0.2, 0) is 20.2 Å². The molecule has 2 aromatic carbocycles. The molecule has 2 aromatic rings. The summed E-state index contributed by atoms with van der Waals surface area (Å²) in [7, 11) is -4.03. The van der Waals surface area contributed by atoms with Gasteiger partial charge in [-0.2, -0.15) is 0 Å². The number of carboxylic acids is 1. The molecule has 0 aromatic heterocycles. The number of phenolic OH excluding ortho intramolecular Hbond substituents is 1. The van der Waals surface area contributed by atoms with Crippen molar-refractivity contribution in [2.75, 3.05) is 4.72 Å². The molecule has 8 heteroatoms. The first-order valence-electron chi connectivity index (χ1n) is 6.90. The largest absolute Gasteiger partial charge is 0.505 e. The lowest BCUT2D eigenvalue weighted by molar-refractivity contribution is -0.142. The van der Waals surface area contributed by atoms with E-state index in [1.54, 1.807) is 13.8 Å². The average molecular weight is 370 g/mol. The number of para-hydroxylation sites is 1. The summed E-state index contributed by atoms with van der Waals surface area (Å²) >= 11 is 5.73. The fourth-order valence-electron chi connectivity index (χ4n) is 2.00. The Labute approximate surface area is 144 Å². The van der Waals surface area contributed by atoms with E-state index in [0.717, 1.165) is 0 Å². The fourth-order valence-corrected chi connectivity index (χ4v) is 3.41. The molecular formula is C16H16ClNO5S. The number of rotatable bonds is 5. The lowest BCUT2D eigenvalue weighted by Crippen LogP contribution is -2.28. The lowest BCUT2D eigenvalue weighted by atomic mass is 9.85. The minimum Gasteiger partial charge on any atom is -0.505 e. The zero-order valence-corrected chi connectivity index (χ0v) is 14.5. The first-order chi connectivity index (χ1) is 11.1. The van der Waals surface area contributed by atoms with Gasteiger partial charge in [0.25, 0.3) is 10.0 Å². The number of carboxylic acid groups (broad SMARTS) is 1. The Balaban J connectivity index is 2.31. The van der Waals surface area contributed by atoms with Crippen LogP contribution in [0.2, 0.25) is 5.02 Å². The average Bonchev–Trinajstić information content (AvgIpc) is 2.49. The van der Waals surface area contributed by atoms with E-state index in [9.17, 15) is 23.4 Å². The number of sulfonamides is 1. The van der Waals surface area contributed by atoms with Gasteiger partial charge in [0.05, 0.1) is 10.4 Å². The summed E-state index contributed by atoms with van der Waals surface area (Å²) < 4.78 is 27.0. The highest BCUT2D eigenvalue weighted by atomic mass is 35.5. The summed E-state index contributed by atoms with van der Waals surface area (Å²) in [6.07, 6.45) is 0. The Hall–Kier alpha value is -2.25. The topological polar surface area (TPSA) is 104 Å². The molecule has 0 aliphatic carbocycles. The van der Waals surface area contributed by atoms with Crippen LogP contribution in [0, 0.1) is 0 Å².